The zero-order chi connectivity index (χ0) is 19.5. The molecule has 2 saturated heterocycles. The minimum Gasteiger partial charge on any atom is -0.485 e. The average molecular weight is 382 g/mol. The SMILES string of the molecule is Cc1cc(C2COc3ccccc3O2)oc(=O)c1C(=O)N1CC2(CN(C)C2)C1. The van der Waals surface area contributed by atoms with Gasteiger partial charge in [0.2, 0.25) is 0 Å². The summed E-state index contributed by atoms with van der Waals surface area (Å²) in [6.45, 7) is 5.42. The molecule has 1 unspecified atom stereocenters. The molecule has 1 aromatic carbocycles. The molecule has 3 aliphatic heterocycles. The summed E-state index contributed by atoms with van der Waals surface area (Å²) in [5.74, 6) is 1.40. The molecule has 1 amide bonds. The van der Waals surface area contributed by atoms with Gasteiger partial charge in [0.1, 0.15) is 12.2 Å². The number of hydrogen-bond donors (Lipinski definition) is 0. The lowest BCUT2D eigenvalue weighted by atomic mass is 9.73. The Morgan fingerprint density at radius 2 is 1.86 bits per heavy atom. The number of aryl methyl sites for hydroxylation is 1. The van der Waals surface area contributed by atoms with Gasteiger partial charge in [-0.05, 0) is 37.7 Å². The molecular formula is C21H22N2O5. The van der Waals surface area contributed by atoms with Crippen LogP contribution in [0.3, 0.4) is 0 Å². The lowest BCUT2D eigenvalue weighted by Crippen LogP contribution is -2.72. The standard InChI is InChI=1S/C21H22N2O5/c1-13-7-16(17-8-26-14-5-3-4-6-15(14)27-17)28-20(25)18(13)19(24)23-11-21(12-23)9-22(2)10-21/h3-7,17H,8-12H2,1-2H3. The van der Waals surface area contributed by atoms with Crippen molar-refractivity contribution >= 4 is 5.91 Å². The monoisotopic (exact) mass is 382 g/mol. The third-order valence-corrected chi connectivity index (χ3v) is 5.76. The van der Waals surface area contributed by atoms with E-state index in [1.165, 1.54) is 0 Å². The summed E-state index contributed by atoms with van der Waals surface area (Å²) < 4.78 is 17.1. The summed E-state index contributed by atoms with van der Waals surface area (Å²) in [5.41, 5.74) is 0.321. The van der Waals surface area contributed by atoms with E-state index in [2.05, 4.69) is 11.9 Å². The van der Waals surface area contributed by atoms with Gasteiger partial charge < -0.3 is 23.7 Å². The van der Waals surface area contributed by atoms with Crippen molar-refractivity contribution in [2.45, 2.75) is 13.0 Å². The van der Waals surface area contributed by atoms with Crippen molar-refractivity contribution in [1.29, 1.82) is 0 Å². The second kappa shape index (κ2) is 6.10. The van der Waals surface area contributed by atoms with Crippen LogP contribution in [0.4, 0.5) is 0 Å². The molecule has 0 saturated carbocycles. The van der Waals surface area contributed by atoms with Crippen LogP contribution in [0.25, 0.3) is 0 Å². The van der Waals surface area contributed by atoms with Crippen LogP contribution in [-0.4, -0.2) is 55.5 Å². The van der Waals surface area contributed by atoms with Crippen LogP contribution in [0, 0.1) is 12.3 Å². The van der Waals surface area contributed by atoms with Gasteiger partial charge in [0.15, 0.2) is 23.4 Å². The zero-order valence-corrected chi connectivity index (χ0v) is 15.9. The molecule has 7 nitrogen and oxygen atoms in total. The van der Waals surface area contributed by atoms with Gasteiger partial charge in [-0.1, -0.05) is 12.1 Å². The highest BCUT2D eigenvalue weighted by Gasteiger charge is 2.52. The molecule has 5 rings (SSSR count). The molecular weight excluding hydrogens is 360 g/mol. The van der Waals surface area contributed by atoms with E-state index in [0.29, 0.717) is 35.9 Å². The van der Waals surface area contributed by atoms with Crippen molar-refractivity contribution < 1.29 is 18.7 Å². The van der Waals surface area contributed by atoms with Crippen LogP contribution in [0.2, 0.25) is 0 Å². The third kappa shape index (κ3) is 2.69. The summed E-state index contributed by atoms with van der Waals surface area (Å²) in [7, 11) is 2.07. The zero-order valence-electron chi connectivity index (χ0n) is 15.9. The fourth-order valence-corrected chi connectivity index (χ4v) is 4.57. The largest absolute Gasteiger partial charge is 0.485 e. The quantitative estimate of drug-likeness (QED) is 0.789. The first-order valence-electron chi connectivity index (χ1n) is 9.45. The normalized spacial score (nSPS) is 22.5. The van der Waals surface area contributed by atoms with Gasteiger partial charge in [-0.2, -0.15) is 0 Å². The highest BCUT2D eigenvalue weighted by molar-refractivity contribution is 5.95. The molecule has 7 heteroatoms. The Labute approximate surface area is 162 Å². The molecule has 0 radical (unpaired) electrons. The number of para-hydroxylation sites is 2. The van der Waals surface area contributed by atoms with Crippen molar-refractivity contribution in [2.75, 3.05) is 39.8 Å². The van der Waals surface area contributed by atoms with E-state index in [9.17, 15) is 9.59 Å². The van der Waals surface area contributed by atoms with Gasteiger partial charge in [0, 0.05) is 31.6 Å². The van der Waals surface area contributed by atoms with E-state index in [1.54, 1.807) is 17.9 Å². The Morgan fingerprint density at radius 1 is 1.14 bits per heavy atom. The Hall–Kier alpha value is -2.80. The lowest BCUT2D eigenvalue weighted by molar-refractivity contribution is -0.0873. The molecule has 4 heterocycles. The molecule has 28 heavy (non-hydrogen) atoms. The summed E-state index contributed by atoms with van der Waals surface area (Å²) in [5, 5.41) is 0. The molecule has 0 N–H and O–H groups in total. The van der Waals surface area contributed by atoms with Gasteiger partial charge in [-0.3, -0.25) is 4.79 Å². The molecule has 2 fully saturated rings. The number of likely N-dealkylation sites (tertiary alicyclic amines) is 2. The minimum atomic E-state index is -0.617. The topological polar surface area (TPSA) is 72.2 Å². The van der Waals surface area contributed by atoms with Gasteiger partial charge in [-0.15, -0.1) is 0 Å². The first-order chi connectivity index (χ1) is 13.4. The van der Waals surface area contributed by atoms with Crippen molar-refractivity contribution in [1.82, 2.24) is 9.80 Å². The first-order valence-corrected chi connectivity index (χ1v) is 9.45. The van der Waals surface area contributed by atoms with Crippen LogP contribution in [0.5, 0.6) is 11.5 Å². The predicted molar refractivity (Wildman–Crippen MR) is 101 cm³/mol. The Balaban J connectivity index is 1.35. The molecule has 2 aromatic rings. The fraction of sp³-hybridized carbons (Fsp3) is 0.429. The summed E-state index contributed by atoms with van der Waals surface area (Å²) in [4.78, 5) is 29.4. The molecule has 146 valence electrons. The fourth-order valence-electron chi connectivity index (χ4n) is 4.57. The van der Waals surface area contributed by atoms with Gasteiger partial charge >= 0.3 is 5.63 Å². The lowest BCUT2D eigenvalue weighted by Gasteiger charge is -2.59. The van der Waals surface area contributed by atoms with E-state index in [-0.39, 0.29) is 23.5 Å². The molecule has 0 bridgehead atoms. The summed E-state index contributed by atoms with van der Waals surface area (Å²) in [6.07, 6.45) is -0.525. The summed E-state index contributed by atoms with van der Waals surface area (Å²) in [6, 6.07) is 9.07. The number of carbonyl (C=O) groups is 1. The Morgan fingerprint density at radius 3 is 2.54 bits per heavy atom. The van der Waals surface area contributed by atoms with Gasteiger partial charge in [-0.25, -0.2) is 4.79 Å². The van der Waals surface area contributed by atoms with Crippen LogP contribution >= 0.6 is 0 Å². The minimum absolute atomic E-state index is 0.114. The predicted octanol–water partition coefficient (Wildman–Crippen LogP) is 1.85. The second-order valence-corrected chi connectivity index (χ2v) is 8.19. The van der Waals surface area contributed by atoms with Crippen LogP contribution in [0.15, 0.2) is 39.5 Å². The van der Waals surface area contributed by atoms with Crippen LogP contribution < -0.4 is 15.1 Å². The van der Waals surface area contributed by atoms with E-state index in [4.69, 9.17) is 13.9 Å². The number of ether oxygens (including phenoxy) is 2. The maximum atomic E-state index is 12.8. The highest BCUT2D eigenvalue weighted by Crippen LogP contribution is 2.39. The first kappa shape index (κ1) is 17.3. The Kier molecular flexibility index (Phi) is 3.77. The van der Waals surface area contributed by atoms with E-state index in [0.717, 1.165) is 13.1 Å². The smallest absolute Gasteiger partial charge is 0.349 e. The molecule has 1 spiro atoms. The number of benzene rings is 1. The summed E-state index contributed by atoms with van der Waals surface area (Å²) >= 11 is 0. The maximum Gasteiger partial charge on any atom is 0.349 e. The van der Waals surface area contributed by atoms with Gasteiger partial charge in [0.05, 0.1) is 0 Å². The number of nitrogens with zero attached hydrogens (tertiary/aromatic N) is 2. The number of carbonyl (C=O) groups excluding carboxylic acids is 1. The molecule has 3 aliphatic rings. The van der Waals surface area contributed by atoms with Crippen LogP contribution in [0.1, 0.15) is 27.8 Å². The molecule has 1 aromatic heterocycles. The maximum absolute atomic E-state index is 12.8. The van der Waals surface area contributed by atoms with E-state index < -0.39 is 11.7 Å². The van der Waals surface area contributed by atoms with E-state index >= 15 is 0 Å². The van der Waals surface area contributed by atoms with Gasteiger partial charge in [0.25, 0.3) is 5.91 Å². The number of rotatable bonds is 2. The number of amides is 1. The Bertz CT molecular complexity index is 1000. The van der Waals surface area contributed by atoms with Crippen molar-refractivity contribution in [2.24, 2.45) is 5.41 Å². The van der Waals surface area contributed by atoms with E-state index in [1.807, 2.05) is 24.3 Å². The van der Waals surface area contributed by atoms with Crippen LogP contribution in [-0.2, 0) is 0 Å². The van der Waals surface area contributed by atoms with Crippen molar-refractivity contribution in [3.8, 4) is 11.5 Å². The number of hydrogen-bond acceptors (Lipinski definition) is 6. The number of fused-ring (bicyclic) bond motifs is 1. The van der Waals surface area contributed by atoms with Crippen molar-refractivity contribution in [3.63, 3.8) is 0 Å². The molecule has 1 atom stereocenters. The third-order valence-electron chi connectivity index (χ3n) is 5.76. The van der Waals surface area contributed by atoms with Crippen molar-refractivity contribution in [3.05, 3.63) is 57.6 Å². The highest BCUT2D eigenvalue weighted by atomic mass is 16.6. The average Bonchev–Trinajstić information content (AvgIpc) is 2.62. The molecule has 0 aliphatic carbocycles. The second-order valence-electron chi connectivity index (χ2n) is 8.19.